The molecule has 1 N–H and O–H groups in total. The zero-order valence-corrected chi connectivity index (χ0v) is 21.6. The molecule has 3 aliphatic heterocycles. The van der Waals surface area contributed by atoms with Crippen molar-refractivity contribution in [1.82, 2.24) is 0 Å². The van der Waals surface area contributed by atoms with Crippen LogP contribution >= 0.6 is 22.9 Å². The lowest BCUT2D eigenvalue weighted by atomic mass is 9.64. The highest BCUT2D eigenvalue weighted by Gasteiger charge is 2.70. The number of amides is 1. The summed E-state index contributed by atoms with van der Waals surface area (Å²) in [6, 6.07) is 24.2. The number of hydrogen-bond donors (Lipinski definition) is 1. The Morgan fingerprint density at radius 2 is 1.66 bits per heavy atom. The van der Waals surface area contributed by atoms with Gasteiger partial charge in [0.15, 0.2) is 11.6 Å². The Balaban J connectivity index is 1.56. The third-order valence-electron chi connectivity index (χ3n) is 8.00. The summed E-state index contributed by atoms with van der Waals surface area (Å²) >= 11 is 7.86. The first-order chi connectivity index (χ1) is 18.5. The van der Waals surface area contributed by atoms with Gasteiger partial charge in [-0.05, 0) is 46.8 Å². The van der Waals surface area contributed by atoms with E-state index in [0.29, 0.717) is 21.2 Å². The van der Waals surface area contributed by atoms with Crippen LogP contribution in [-0.4, -0.2) is 29.6 Å². The summed E-state index contributed by atoms with van der Waals surface area (Å²) in [6.07, 6.45) is 3.96. The standard InChI is InChI=1S/C31H21ClN2O3S/c32-21-11-4-2-9-19(21)28(35)27-26(29(36)24-14-7-17-38-24)31(20-10-3-5-12-22(20)33-30(31)37)25-16-15-18-8-1-6-13-23(18)34(25)27/h1-17,25-27H,(H,33,37). The molecule has 186 valence electrons. The van der Waals surface area contributed by atoms with Crippen LogP contribution in [0.4, 0.5) is 11.4 Å². The summed E-state index contributed by atoms with van der Waals surface area (Å²) < 4.78 is 0. The molecule has 1 saturated heterocycles. The molecule has 3 aliphatic rings. The summed E-state index contributed by atoms with van der Waals surface area (Å²) in [7, 11) is 0. The van der Waals surface area contributed by atoms with Gasteiger partial charge in [0.05, 0.1) is 21.9 Å². The summed E-state index contributed by atoms with van der Waals surface area (Å²) in [5.74, 6) is -1.77. The summed E-state index contributed by atoms with van der Waals surface area (Å²) in [5, 5.41) is 5.19. The second kappa shape index (κ2) is 8.51. The van der Waals surface area contributed by atoms with E-state index in [1.165, 1.54) is 11.3 Å². The maximum Gasteiger partial charge on any atom is 0.238 e. The number of ketones is 2. The van der Waals surface area contributed by atoms with E-state index < -0.39 is 23.4 Å². The van der Waals surface area contributed by atoms with Gasteiger partial charge in [-0.2, -0.15) is 0 Å². The number of carbonyl (C=O) groups is 3. The molecule has 4 heterocycles. The Labute approximate surface area is 228 Å². The van der Waals surface area contributed by atoms with Gasteiger partial charge in [-0.3, -0.25) is 14.4 Å². The van der Waals surface area contributed by atoms with Crippen LogP contribution in [0.3, 0.4) is 0 Å². The van der Waals surface area contributed by atoms with Crippen LogP contribution in [0.1, 0.15) is 31.2 Å². The van der Waals surface area contributed by atoms with Crippen LogP contribution in [-0.2, 0) is 10.2 Å². The number of anilines is 2. The van der Waals surface area contributed by atoms with E-state index in [1.54, 1.807) is 30.3 Å². The van der Waals surface area contributed by atoms with E-state index >= 15 is 0 Å². The van der Waals surface area contributed by atoms with Gasteiger partial charge in [0.1, 0.15) is 11.5 Å². The first-order valence-corrected chi connectivity index (χ1v) is 13.6. The number of nitrogens with zero attached hydrogens (tertiary/aromatic N) is 1. The van der Waals surface area contributed by atoms with Gasteiger partial charge in [-0.1, -0.05) is 78.4 Å². The fourth-order valence-electron chi connectivity index (χ4n) is 6.51. The Bertz CT molecular complexity index is 1660. The van der Waals surface area contributed by atoms with Crippen molar-refractivity contribution in [2.24, 2.45) is 5.92 Å². The van der Waals surface area contributed by atoms with Crippen molar-refractivity contribution < 1.29 is 14.4 Å². The van der Waals surface area contributed by atoms with E-state index in [-0.39, 0.29) is 17.5 Å². The number of para-hydroxylation sites is 2. The molecule has 4 unspecified atom stereocenters. The number of fused-ring (bicyclic) bond motifs is 6. The molecule has 1 fully saturated rings. The number of nitrogens with one attached hydrogen (secondary N) is 1. The second-order valence-corrected chi connectivity index (χ2v) is 11.1. The minimum atomic E-state index is -1.32. The quantitative estimate of drug-likeness (QED) is 0.313. The number of hydrogen-bond acceptors (Lipinski definition) is 5. The molecule has 7 heteroatoms. The molecule has 0 saturated carbocycles. The third kappa shape index (κ3) is 3.01. The Morgan fingerprint density at radius 1 is 0.895 bits per heavy atom. The monoisotopic (exact) mass is 536 g/mol. The van der Waals surface area contributed by atoms with Gasteiger partial charge in [-0.15, -0.1) is 11.3 Å². The first kappa shape index (κ1) is 23.1. The molecule has 5 nitrogen and oxygen atoms in total. The van der Waals surface area contributed by atoms with Crippen LogP contribution in [0.2, 0.25) is 5.02 Å². The predicted octanol–water partition coefficient (Wildman–Crippen LogP) is 6.26. The lowest BCUT2D eigenvalue weighted by molar-refractivity contribution is -0.121. The highest BCUT2D eigenvalue weighted by atomic mass is 35.5. The van der Waals surface area contributed by atoms with E-state index in [9.17, 15) is 14.4 Å². The molecular formula is C31H21ClN2O3S. The molecule has 38 heavy (non-hydrogen) atoms. The van der Waals surface area contributed by atoms with Crippen LogP contribution in [0.15, 0.2) is 96.4 Å². The number of benzene rings is 3. The molecule has 7 rings (SSSR count). The Hall–Kier alpha value is -4.00. The van der Waals surface area contributed by atoms with Crippen molar-refractivity contribution in [1.29, 1.82) is 0 Å². The predicted molar refractivity (Wildman–Crippen MR) is 150 cm³/mol. The molecule has 3 aromatic carbocycles. The summed E-state index contributed by atoms with van der Waals surface area (Å²) in [5.41, 5.74) is 2.14. The third-order valence-corrected chi connectivity index (χ3v) is 9.21. The van der Waals surface area contributed by atoms with Gasteiger partial charge in [0.2, 0.25) is 5.91 Å². The molecule has 0 aliphatic carbocycles. The average Bonchev–Trinajstić information content (AvgIpc) is 3.65. The molecule has 1 spiro atoms. The van der Waals surface area contributed by atoms with Crippen molar-refractivity contribution in [2.75, 3.05) is 10.2 Å². The fourth-order valence-corrected chi connectivity index (χ4v) is 7.45. The van der Waals surface area contributed by atoms with Gasteiger partial charge in [-0.25, -0.2) is 0 Å². The van der Waals surface area contributed by atoms with Gasteiger partial charge in [0, 0.05) is 16.9 Å². The molecule has 4 atom stereocenters. The van der Waals surface area contributed by atoms with Gasteiger partial charge in [0.25, 0.3) is 0 Å². The molecule has 1 aromatic heterocycles. The normalized spacial score (nSPS) is 24.6. The van der Waals surface area contributed by atoms with E-state index in [0.717, 1.165) is 16.8 Å². The number of thiophene rings is 1. The maximum absolute atomic E-state index is 14.5. The van der Waals surface area contributed by atoms with Crippen molar-refractivity contribution in [3.05, 3.63) is 123 Å². The summed E-state index contributed by atoms with van der Waals surface area (Å²) in [4.78, 5) is 45.8. The lowest BCUT2D eigenvalue weighted by Gasteiger charge is -2.37. The summed E-state index contributed by atoms with van der Waals surface area (Å²) in [6.45, 7) is 0. The molecular weight excluding hydrogens is 516 g/mol. The molecule has 0 bridgehead atoms. The highest BCUT2D eigenvalue weighted by molar-refractivity contribution is 7.12. The van der Waals surface area contributed by atoms with Crippen LogP contribution in [0.25, 0.3) is 6.08 Å². The van der Waals surface area contributed by atoms with E-state index in [2.05, 4.69) is 5.32 Å². The minimum Gasteiger partial charge on any atom is -0.352 e. The number of Topliss-reactive ketones (excluding diaryl/α,β-unsaturated/α-hetero) is 2. The molecule has 0 radical (unpaired) electrons. The van der Waals surface area contributed by atoms with Crippen molar-refractivity contribution >= 4 is 57.9 Å². The van der Waals surface area contributed by atoms with E-state index in [4.69, 9.17) is 11.6 Å². The smallest absolute Gasteiger partial charge is 0.238 e. The molecule has 4 aromatic rings. The van der Waals surface area contributed by atoms with E-state index in [1.807, 2.05) is 77.0 Å². The molecule has 1 amide bonds. The van der Waals surface area contributed by atoms with Gasteiger partial charge >= 0.3 is 0 Å². The zero-order chi connectivity index (χ0) is 26.0. The first-order valence-electron chi connectivity index (χ1n) is 12.4. The van der Waals surface area contributed by atoms with Crippen molar-refractivity contribution in [3.8, 4) is 0 Å². The topological polar surface area (TPSA) is 66.5 Å². The van der Waals surface area contributed by atoms with Crippen molar-refractivity contribution in [3.63, 3.8) is 0 Å². The number of carbonyl (C=O) groups excluding carboxylic acids is 3. The fraction of sp³-hybridized carbons (Fsp3) is 0.129. The van der Waals surface area contributed by atoms with Gasteiger partial charge < -0.3 is 10.2 Å². The van der Waals surface area contributed by atoms with Crippen LogP contribution in [0, 0.1) is 5.92 Å². The number of rotatable bonds is 4. The average molecular weight is 537 g/mol. The zero-order valence-electron chi connectivity index (χ0n) is 20.0. The van der Waals surface area contributed by atoms with Crippen LogP contribution in [0.5, 0.6) is 0 Å². The van der Waals surface area contributed by atoms with Crippen LogP contribution < -0.4 is 10.2 Å². The maximum atomic E-state index is 14.5. The highest BCUT2D eigenvalue weighted by Crippen LogP contribution is 2.58. The Morgan fingerprint density at radius 3 is 2.47 bits per heavy atom. The SMILES string of the molecule is O=C(c1ccccc1Cl)C1C(C(=O)c2cccs2)C2(C(=O)Nc3ccccc32)C2C=Cc3ccccc3N12. The second-order valence-electron chi connectivity index (χ2n) is 9.75. The van der Waals surface area contributed by atoms with Crippen molar-refractivity contribution in [2.45, 2.75) is 17.5 Å². The Kier molecular flexibility index (Phi) is 5.18. The lowest BCUT2D eigenvalue weighted by Crippen LogP contribution is -2.51. The minimum absolute atomic E-state index is 0.225. The number of halogens is 1. The largest absolute Gasteiger partial charge is 0.352 e.